The van der Waals surface area contributed by atoms with E-state index in [0.29, 0.717) is 23.9 Å². The van der Waals surface area contributed by atoms with E-state index in [0.717, 1.165) is 78.6 Å². The number of pyridine rings is 1. The lowest BCUT2D eigenvalue weighted by Crippen LogP contribution is -2.46. The SMILES string of the molecule is COc1cc(-c2ccc([C@H]3CCc4ccc(C(C5CC5)[C@H](C)C(=O)O)cc4O3)cc2CN2CCCCC2(C)C)c(F)cn1. The molecule has 1 aromatic heterocycles. The maximum atomic E-state index is 15.2. The van der Waals surface area contributed by atoms with Gasteiger partial charge in [0, 0.05) is 23.7 Å². The van der Waals surface area contributed by atoms with Gasteiger partial charge in [0.2, 0.25) is 5.88 Å². The van der Waals surface area contributed by atoms with Crippen molar-refractivity contribution < 1.29 is 23.8 Å². The normalized spacial score (nSPS) is 21.4. The summed E-state index contributed by atoms with van der Waals surface area (Å²) in [5, 5.41) is 9.78. The number of carboxylic acid groups (broad SMARTS) is 1. The maximum Gasteiger partial charge on any atom is 0.306 e. The van der Waals surface area contributed by atoms with Gasteiger partial charge in [0.25, 0.3) is 0 Å². The highest BCUT2D eigenvalue weighted by Gasteiger charge is 2.39. The lowest BCUT2D eigenvalue weighted by atomic mass is 9.82. The fraction of sp³-hybridized carbons (Fsp3) is 0.500. The van der Waals surface area contributed by atoms with Crippen molar-refractivity contribution in [2.24, 2.45) is 11.8 Å². The Morgan fingerprint density at radius 3 is 2.67 bits per heavy atom. The van der Waals surface area contributed by atoms with Gasteiger partial charge in [-0.05, 0) is 105 Å². The fourth-order valence-electron chi connectivity index (χ4n) is 7.17. The Hall–Kier alpha value is -3.45. The van der Waals surface area contributed by atoms with Crippen molar-refractivity contribution >= 4 is 5.97 Å². The van der Waals surface area contributed by atoms with Gasteiger partial charge in [-0.2, -0.15) is 0 Å². The van der Waals surface area contributed by atoms with E-state index in [1.54, 1.807) is 13.2 Å². The summed E-state index contributed by atoms with van der Waals surface area (Å²) in [6, 6.07) is 14.3. The van der Waals surface area contributed by atoms with Gasteiger partial charge in [0.1, 0.15) is 17.7 Å². The summed E-state index contributed by atoms with van der Waals surface area (Å²) in [6.07, 6.45) is 8.48. The number of halogens is 1. The van der Waals surface area contributed by atoms with Crippen LogP contribution in [0.4, 0.5) is 4.39 Å². The number of nitrogens with zero attached hydrogens (tertiary/aromatic N) is 2. The number of hydrogen-bond donors (Lipinski definition) is 1. The number of rotatable bonds is 9. The molecular formula is C36H43FN2O4. The Bertz CT molecular complexity index is 1500. The monoisotopic (exact) mass is 586 g/mol. The van der Waals surface area contributed by atoms with Gasteiger partial charge in [-0.3, -0.25) is 9.69 Å². The lowest BCUT2D eigenvalue weighted by Gasteiger charge is -2.43. The molecule has 228 valence electrons. The van der Waals surface area contributed by atoms with Crippen LogP contribution in [0, 0.1) is 17.7 Å². The number of methoxy groups -OCH3 is 1. The minimum Gasteiger partial charge on any atom is -0.485 e. The molecule has 6 rings (SSSR count). The molecule has 3 aromatic rings. The molecule has 2 aliphatic heterocycles. The van der Waals surface area contributed by atoms with Crippen LogP contribution in [0.3, 0.4) is 0 Å². The highest BCUT2D eigenvalue weighted by molar-refractivity contribution is 5.71. The van der Waals surface area contributed by atoms with Crippen LogP contribution in [-0.2, 0) is 17.8 Å². The molecule has 2 fully saturated rings. The van der Waals surface area contributed by atoms with Gasteiger partial charge >= 0.3 is 5.97 Å². The number of aryl methyl sites for hydroxylation is 1. The summed E-state index contributed by atoms with van der Waals surface area (Å²) in [5.41, 5.74) is 5.74. The molecule has 1 N–H and O–H groups in total. The van der Waals surface area contributed by atoms with E-state index >= 15 is 4.39 Å². The highest BCUT2D eigenvalue weighted by atomic mass is 19.1. The van der Waals surface area contributed by atoms with Crippen molar-refractivity contribution in [1.82, 2.24) is 9.88 Å². The highest BCUT2D eigenvalue weighted by Crippen LogP contribution is 2.48. The lowest BCUT2D eigenvalue weighted by molar-refractivity contribution is -0.142. The molecule has 1 saturated heterocycles. The first-order valence-corrected chi connectivity index (χ1v) is 15.7. The Morgan fingerprint density at radius 1 is 1.14 bits per heavy atom. The van der Waals surface area contributed by atoms with E-state index in [-0.39, 0.29) is 23.4 Å². The average Bonchev–Trinajstić information content (AvgIpc) is 3.83. The topological polar surface area (TPSA) is 71.9 Å². The second-order valence-electron chi connectivity index (χ2n) is 13.3. The Labute approximate surface area is 254 Å². The molecule has 7 heteroatoms. The zero-order chi connectivity index (χ0) is 30.3. The molecule has 43 heavy (non-hydrogen) atoms. The van der Waals surface area contributed by atoms with Crippen molar-refractivity contribution in [2.45, 2.75) is 89.8 Å². The summed E-state index contributed by atoms with van der Waals surface area (Å²) in [4.78, 5) is 18.5. The summed E-state index contributed by atoms with van der Waals surface area (Å²) >= 11 is 0. The number of piperidine rings is 1. The number of likely N-dealkylation sites (tertiary alicyclic amines) is 1. The van der Waals surface area contributed by atoms with Crippen LogP contribution >= 0.6 is 0 Å². The number of aliphatic carboxylic acids is 1. The van der Waals surface area contributed by atoms with Crippen LogP contribution in [0.25, 0.3) is 11.1 Å². The molecule has 1 aliphatic carbocycles. The Kier molecular flexibility index (Phi) is 8.20. The number of carboxylic acids is 1. The third-order valence-electron chi connectivity index (χ3n) is 9.99. The first kappa shape index (κ1) is 29.6. The molecule has 1 unspecified atom stereocenters. The summed E-state index contributed by atoms with van der Waals surface area (Å²) in [5.74, 6) is 0.0956. The van der Waals surface area contributed by atoms with Crippen LogP contribution in [0.5, 0.6) is 11.6 Å². The van der Waals surface area contributed by atoms with Crippen molar-refractivity contribution in [3.8, 4) is 22.8 Å². The van der Waals surface area contributed by atoms with Gasteiger partial charge in [-0.15, -0.1) is 0 Å². The molecular weight excluding hydrogens is 543 g/mol. The van der Waals surface area contributed by atoms with Crippen LogP contribution in [0.2, 0.25) is 0 Å². The van der Waals surface area contributed by atoms with Crippen LogP contribution in [0.15, 0.2) is 48.7 Å². The van der Waals surface area contributed by atoms with Crippen molar-refractivity contribution in [3.05, 3.63) is 76.7 Å². The zero-order valence-corrected chi connectivity index (χ0v) is 25.7. The quantitative estimate of drug-likeness (QED) is 0.274. The number of carbonyl (C=O) groups is 1. The molecule has 6 nitrogen and oxygen atoms in total. The van der Waals surface area contributed by atoms with Gasteiger partial charge in [0.05, 0.1) is 19.2 Å². The largest absolute Gasteiger partial charge is 0.485 e. The van der Waals surface area contributed by atoms with Crippen molar-refractivity contribution in [1.29, 1.82) is 0 Å². The summed E-state index contributed by atoms with van der Waals surface area (Å²) in [6.45, 7) is 8.13. The van der Waals surface area contributed by atoms with E-state index in [1.807, 2.05) is 13.0 Å². The zero-order valence-electron chi connectivity index (χ0n) is 25.7. The molecule has 3 aliphatic rings. The van der Waals surface area contributed by atoms with Crippen LogP contribution in [-0.4, -0.2) is 40.2 Å². The van der Waals surface area contributed by atoms with E-state index in [9.17, 15) is 9.90 Å². The second-order valence-corrected chi connectivity index (χ2v) is 13.3. The van der Waals surface area contributed by atoms with Crippen LogP contribution < -0.4 is 9.47 Å². The molecule has 1 saturated carbocycles. The van der Waals surface area contributed by atoms with Crippen molar-refractivity contribution in [2.75, 3.05) is 13.7 Å². The average molecular weight is 587 g/mol. The van der Waals surface area contributed by atoms with Gasteiger partial charge in [-0.1, -0.05) is 43.7 Å². The molecule has 0 amide bonds. The molecule has 0 bridgehead atoms. The van der Waals surface area contributed by atoms with Gasteiger partial charge in [-0.25, -0.2) is 9.37 Å². The first-order chi connectivity index (χ1) is 20.6. The van der Waals surface area contributed by atoms with Crippen LogP contribution in [0.1, 0.15) is 93.6 Å². The van der Waals surface area contributed by atoms with Gasteiger partial charge < -0.3 is 14.6 Å². The molecule has 3 heterocycles. The number of fused-ring (bicyclic) bond motifs is 1. The molecule has 0 radical (unpaired) electrons. The smallest absolute Gasteiger partial charge is 0.306 e. The predicted molar refractivity (Wildman–Crippen MR) is 165 cm³/mol. The number of ether oxygens (including phenoxy) is 2. The minimum absolute atomic E-state index is 0.00203. The fourth-order valence-corrected chi connectivity index (χ4v) is 7.17. The second kappa shape index (κ2) is 11.9. The first-order valence-electron chi connectivity index (χ1n) is 15.7. The van der Waals surface area contributed by atoms with E-state index < -0.39 is 11.9 Å². The minimum atomic E-state index is -0.749. The van der Waals surface area contributed by atoms with Gasteiger partial charge in [0.15, 0.2) is 0 Å². The van der Waals surface area contributed by atoms with Crippen molar-refractivity contribution in [3.63, 3.8) is 0 Å². The van der Waals surface area contributed by atoms with E-state index in [1.165, 1.54) is 12.6 Å². The number of hydrogen-bond acceptors (Lipinski definition) is 5. The van der Waals surface area contributed by atoms with E-state index in [2.05, 4.69) is 54.1 Å². The standard InChI is InChI=1S/C36H43FN2O4/c1-22(35(40)41)34(24-8-9-24)26-10-7-23-12-14-31(43-32(23)18-26)25-11-13-28(29-19-33(42-4)38-20-30(29)37)27(17-25)21-39-16-6-5-15-36(39,2)3/h7,10-11,13,17-20,22,24,31,34H,5-6,8-9,12,14-16,21H2,1-4H3,(H,40,41)/t22-,31+,34?/m0/s1. The summed E-state index contributed by atoms with van der Waals surface area (Å²) < 4.78 is 27.2. The molecule has 0 spiro atoms. The molecule has 3 atom stereocenters. The predicted octanol–water partition coefficient (Wildman–Crippen LogP) is 7.94. The number of aromatic nitrogens is 1. The third kappa shape index (κ3) is 6.14. The van der Waals surface area contributed by atoms with E-state index in [4.69, 9.17) is 9.47 Å². The maximum absolute atomic E-state index is 15.2. The number of benzene rings is 2. The third-order valence-corrected chi connectivity index (χ3v) is 9.99. The molecule has 2 aromatic carbocycles. The summed E-state index contributed by atoms with van der Waals surface area (Å²) in [7, 11) is 1.54. The Morgan fingerprint density at radius 2 is 1.95 bits per heavy atom. The Balaban J connectivity index is 1.34.